The number of rotatable bonds is 6. The van der Waals surface area contributed by atoms with Crippen LogP contribution in [0.5, 0.6) is 5.75 Å². The second-order valence-corrected chi connectivity index (χ2v) is 10.4. The molecular formula is C26H28FN3O4S. The van der Waals surface area contributed by atoms with Crippen molar-refractivity contribution in [2.75, 3.05) is 43.5 Å². The highest BCUT2D eigenvalue weighted by Crippen LogP contribution is 2.26. The molecule has 1 amide bonds. The van der Waals surface area contributed by atoms with Gasteiger partial charge in [0.1, 0.15) is 11.6 Å². The van der Waals surface area contributed by atoms with E-state index in [0.717, 1.165) is 34.7 Å². The van der Waals surface area contributed by atoms with Gasteiger partial charge in [0.25, 0.3) is 5.91 Å². The van der Waals surface area contributed by atoms with Crippen LogP contribution in [0.3, 0.4) is 0 Å². The number of aryl methyl sites for hydroxylation is 2. The van der Waals surface area contributed by atoms with E-state index in [1.807, 2.05) is 56.3 Å². The third-order valence-corrected chi connectivity index (χ3v) is 8.11. The third kappa shape index (κ3) is 5.16. The minimum atomic E-state index is -3.90. The number of sulfonamides is 1. The summed E-state index contributed by atoms with van der Waals surface area (Å²) in [5.74, 6) is -0.720. The summed E-state index contributed by atoms with van der Waals surface area (Å²) in [5.41, 5.74) is 2.91. The summed E-state index contributed by atoms with van der Waals surface area (Å²) in [6.45, 7) is 5.24. The maximum atomic E-state index is 14.6. The van der Waals surface area contributed by atoms with Crippen molar-refractivity contribution in [2.45, 2.75) is 18.7 Å². The lowest BCUT2D eigenvalue weighted by Gasteiger charge is -2.35. The normalized spacial score (nSPS) is 14.6. The van der Waals surface area contributed by atoms with Crippen LogP contribution in [0.2, 0.25) is 0 Å². The predicted molar refractivity (Wildman–Crippen MR) is 134 cm³/mol. The standard InChI is InChI=1S/C26H28FN3O4S/c1-18-5-4-6-19(2)25(18)28-26(31)23-17-22(11-12-24(23)27)35(32,33)30-15-13-29(14-16-30)20-7-9-21(34-3)10-8-20/h4-12,17H,13-16H2,1-3H3,(H,28,31). The van der Waals surface area contributed by atoms with E-state index >= 15 is 0 Å². The molecule has 1 N–H and O–H groups in total. The zero-order valence-corrected chi connectivity index (χ0v) is 20.7. The highest BCUT2D eigenvalue weighted by Gasteiger charge is 2.30. The van der Waals surface area contributed by atoms with E-state index in [0.29, 0.717) is 18.8 Å². The lowest BCUT2D eigenvalue weighted by molar-refractivity contribution is 0.102. The van der Waals surface area contributed by atoms with Crippen molar-refractivity contribution in [2.24, 2.45) is 0 Å². The van der Waals surface area contributed by atoms with Gasteiger partial charge in [-0.1, -0.05) is 18.2 Å². The van der Waals surface area contributed by atoms with Crippen LogP contribution >= 0.6 is 0 Å². The Morgan fingerprint density at radius 3 is 2.17 bits per heavy atom. The zero-order chi connectivity index (χ0) is 25.2. The molecule has 0 spiro atoms. The molecule has 35 heavy (non-hydrogen) atoms. The minimum absolute atomic E-state index is 0.108. The Labute approximate surface area is 205 Å². The maximum Gasteiger partial charge on any atom is 0.258 e. The number of halogens is 1. The number of piperazine rings is 1. The second kappa shape index (κ2) is 10.1. The molecule has 0 saturated carbocycles. The summed E-state index contributed by atoms with van der Waals surface area (Å²) < 4.78 is 47.7. The molecule has 0 aliphatic carbocycles. The Morgan fingerprint density at radius 2 is 1.57 bits per heavy atom. The van der Waals surface area contributed by atoms with Gasteiger partial charge in [0.15, 0.2) is 0 Å². The number of carbonyl (C=O) groups excluding carboxylic acids is 1. The number of nitrogens with one attached hydrogen (secondary N) is 1. The van der Waals surface area contributed by atoms with Gasteiger partial charge in [0, 0.05) is 37.6 Å². The molecular weight excluding hydrogens is 469 g/mol. The Balaban J connectivity index is 1.50. The highest BCUT2D eigenvalue weighted by molar-refractivity contribution is 7.89. The van der Waals surface area contributed by atoms with E-state index in [-0.39, 0.29) is 23.5 Å². The summed E-state index contributed by atoms with van der Waals surface area (Å²) >= 11 is 0. The van der Waals surface area contributed by atoms with Gasteiger partial charge in [-0.05, 0) is 67.4 Å². The van der Waals surface area contributed by atoms with Crippen molar-refractivity contribution in [1.29, 1.82) is 0 Å². The fraction of sp³-hybridized carbons (Fsp3) is 0.269. The molecule has 184 valence electrons. The molecule has 1 heterocycles. The minimum Gasteiger partial charge on any atom is -0.497 e. The SMILES string of the molecule is COc1ccc(N2CCN(S(=O)(=O)c3ccc(F)c(C(=O)Nc4c(C)cccc4C)c3)CC2)cc1. The van der Waals surface area contributed by atoms with E-state index in [2.05, 4.69) is 10.2 Å². The number of ether oxygens (including phenoxy) is 1. The molecule has 3 aromatic rings. The molecule has 3 aromatic carbocycles. The zero-order valence-electron chi connectivity index (χ0n) is 19.9. The molecule has 1 aliphatic heterocycles. The number of nitrogens with zero attached hydrogens (tertiary/aromatic N) is 2. The van der Waals surface area contributed by atoms with Gasteiger partial charge in [0.2, 0.25) is 10.0 Å². The average molecular weight is 498 g/mol. The highest BCUT2D eigenvalue weighted by atomic mass is 32.2. The molecule has 1 fully saturated rings. The van der Waals surface area contributed by atoms with Gasteiger partial charge in [-0.15, -0.1) is 0 Å². The van der Waals surface area contributed by atoms with Crippen LogP contribution < -0.4 is 15.0 Å². The number of benzene rings is 3. The predicted octanol–water partition coefficient (Wildman–Crippen LogP) is 4.21. The fourth-order valence-electron chi connectivity index (χ4n) is 4.16. The number of amides is 1. The van der Waals surface area contributed by atoms with Crippen molar-refractivity contribution >= 4 is 27.3 Å². The topological polar surface area (TPSA) is 79.0 Å². The molecule has 1 saturated heterocycles. The smallest absolute Gasteiger partial charge is 0.258 e. The molecule has 0 bridgehead atoms. The van der Waals surface area contributed by atoms with Gasteiger partial charge in [0.05, 0.1) is 17.6 Å². The van der Waals surface area contributed by atoms with Gasteiger partial charge < -0.3 is 15.0 Å². The molecule has 0 radical (unpaired) electrons. The molecule has 7 nitrogen and oxygen atoms in total. The van der Waals surface area contributed by atoms with E-state index in [4.69, 9.17) is 4.74 Å². The largest absolute Gasteiger partial charge is 0.497 e. The van der Waals surface area contributed by atoms with Gasteiger partial charge in [-0.25, -0.2) is 12.8 Å². The average Bonchev–Trinajstić information content (AvgIpc) is 2.86. The van der Waals surface area contributed by atoms with Gasteiger partial charge in [-0.3, -0.25) is 4.79 Å². The molecule has 4 rings (SSSR count). The molecule has 0 atom stereocenters. The number of methoxy groups -OCH3 is 1. The number of para-hydroxylation sites is 1. The van der Waals surface area contributed by atoms with Crippen LogP contribution in [-0.2, 0) is 10.0 Å². The van der Waals surface area contributed by atoms with Crippen LogP contribution in [-0.4, -0.2) is 51.9 Å². The Bertz CT molecular complexity index is 1310. The molecule has 1 aliphatic rings. The summed E-state index contributed by atoms with van der Waals surface area (Å²) in [6, 6.07) is 16.5. The molecule has 0 aromatic heterocycles. The Kier molecular flexibility index (Phi) is 7.09. The number of hydrogen-bond acceptors (Lipinski definition) is 5. The van der Waals surface area contributed by atoms with Crippen LogP contribution in [0.1, 0.15) is 21.5 Å². The summed E-state index contributed by atoms with van der Waals surface area (Å²) in [4.78, 5) is 14.9. The van der Waals surface area contributed by atoms with Crippen molar-refractivity contribution < 1.29 is 22.3 Å². The van der Waals surface area contributed by atoms with Gasteiger partial charge in [-0.2, -0.15) is 4.31 Å². The molecule has 9 heteroatoms. The van der Waals surface area contributed by atoms with Crippen molar-refractivity contribution in [1.82, 2.24) is 4.31 Å². The van der Waals surface area contributed by atoms with Crippen LogP contribution in [0, 0.1) is 19.7 Å². The monoisotopic (exact) mass is 497 g/mol. The summed E-state index contributed by atoms with van der Waals surface area (Å²) in [5, 5.41) is 2.72. The van der Waals surface area contributed by atoms with Crippen molar-refractivity contribution in [3.63, 3.8) is 0 Å². The second-order valence-electron chi connectivity index (χ2n) is 8.45. The van der Waals surface area contributed by atoms with Crippen molar-refractivity contribution in [3.05, 3.63) is 83.2 Å². The first-order valence-electron chi connectivity index (χ1n) is 11.3. The quantitative estimate of drug-likeness (QED) is 0.552. The number of carbonyl (C=O) groups is 1. The maximum absolute atomic E-state index is 14.6. The van der Waals surface area contributed by atoms with E-state index in [1.165, 1.54) is 10.4 Å². The summed E-state index contributed by atoms with van der Waals surface area (Å²) in [6.07, 6.45) is 0. The number of anilines is 2. The van der Waals surface area contributed by atoms with Crippen LogP contribution in [0.25, 0.3) is 0 Å². The lowest BCUT2D eigenvalue weighted by Crippen LogP contribution is -2.48. The fourth-order valence-corrected chi connectivity index (χ4v) is 5.61. The lowest BCUT2D eigenvalue weighted by atomic mass is 10.1. The Hall–Kier alpha value is -3.43. The molecule has 0 unspecified atom stereocenters. The third-order valence-electron chi connectivity index (χ3n) is 6.22. The van der Waals surface area contributed by atoms with Gasteiger partial charge >= 0.3 is 0 Å². The first-order chi connectivity index (χ1) is 16.7. The first-order valence-corrected chi connectivity index (χ1v) is 12.7. The summed E-state index contributed by atoms with van der Waals surface area (Å²) in [7, 11) is -2.30. The number of hydrogen-bond donors (Lipinski definition) is 1. The van der Waals surface area contributed by atoms with Crippen LogP contribution in [0.15, 0.2) is 65.6 Å². The van der Waals surface area contributed by atoms with E-state index in [9.17, 15) is 17.6 Å². The van der Waals surface area contributed by atoms with Crippen molar-refractivity contribution in [3.8, 4) is 5.75 Å². The Morgan fingerprint density at radius 1 is 0.943 bits per heavy atom. The van der Waals surface area contributed by atoms with E-state index in [1.54, 1.807) is 7.11 Å². The van der Waals surface area contributed by atoms with Crippen LogP contribution in [0.4, 0.5) is 15.8 Å². The van der Waals surface area contributed by atoms with E-state index < -0.39 is 21.7 Å². The first kappa shape index (κ1) is 24.7.